The summed E-state index contributed by atoms with van der Waals surface area (Å²) in [5, 5.41) is 0.352. The highest BCUT2D eigenvalue weighted by Gasteiger charge is 2.06. The molecule has 16 heavy (non-hydrogen) atoms. The first kappa shape index (κ1) is 10.9. The zero-order valence-electron chi connectivity index (χ0n) is 8.67. The van der Waals surface area contributed by atoms with Crippen molar-refractivity contribution in [2.24, 2.45) is 0 Å². The number of anilines is 1. The Hall–Kier alpha value is -1.61. The minimum Gasteiger partial charge on any atom is -0.397 e. The molecule has 0 aliphatic rings. The average Bonchev–Trinajstić information content (AvgIpc) is 2.22. The molecule has 0 spiro atoms. The van der Waals surface area contributed by atoms with Crippen LogP contribution in [0, 0.1) is 12.7 Å². The van der Waals surface area contributed by atoms with Crippen LogP contribution in [0.2, 0.25) is 5.02 Å². The van der Waals surface area contributed by atoms with Crippen molar-refractivity contribution in [3.8, 4) is 11.1 Å². The number of nitrogens with two attached hydrogens (primary N) is 1. The summed E-state index contributed by atoms with van der Waals surface area (Å²) < 4.78 is 12.9. The van der Waals surface area contributed by atoms with Crippen LogP contribution in [0.4, 0.5) is 10.1 Å². The molecular formula is C12H10ClFN2. The van der Waals surface area contributed by atoms with E-state index in [4.69, 9.17) is 17.3 Å². The number of rotatable bonds is 1. The van der Waals surface area contributed by atoms with Gasteiger partial charge in [-0.1, -0.05) is 11.6 Å². The van der Waals surface area contributed by atoms with Crippen LogP contribution in [0.15, 0.2) is 30.5 Å². The summed E-state index contributed by atoms with van der Waals surface area (Å²) in [7, 11) is 0. The molecule has 0 aliphatic carbocycles. The van der Waals surface area contributed by atoms with Gasteiger partial charge in [-0.05, 0) is 31.2 Å². The fourth-order valence-corrected chi connectivity index (χ4v) is 1.70. The van der Waals surface area contributed by atoms with Crippen LogP contribution in [-0.2, 0) is 0 Å². The molecule has 0 unspecified atom stereocenters. The third-order valence-corrected chi connectivity index (χ3v) is 2.68. The molecule has 0 bridgehead atoms. The van der Waals surface area contributed by atoms with Gasteiger partial charge in [0.1, 0.15) is 5.82 Å². The van der Waals surface area contributed by atoms with Crippen molar-refractivity contribution < 1.29 is 4.39 Å². The van der Waals surface area contributed by atoms with Crippen LogP contribution >= 0.6 is 11.6 Å². The Balaban J connectivity index is 2.54. The summed E-state index contributed by atoms with van der Waals surface area (Å²) in [5.41, 5.74) is 8.63. The summed E-state index contributed by atoms with van der Waals surface area (Å²) >= 11 is 5.95. The molecule has 0 radical (unpaired) electrons. The number of hydrogen-bond donors (Lipinski definition) is 1. The lowest BCUT2D eigenvalue weighted by Crippen LogP contribution is -1.93. The minimum atomic E-state index is -0.359. The van der Waals surface area contributed by atoms with Gasteiger partial charge >= 0.3 is 0 Å². The first-order valence-electron chi connectivity index (χ1n) is 4.75. The van der Waals surface area contributed by atoms with Gasteiger partial charge in [-0.2, -0.15) is 0 Å². The maximum Gasteiger partial charge on any atom is 0.124 e. The van der Waals surface area contributed by atoms with E-state index in [1.807, 2.05) is 6.92 Å². The highest BCUT2D eigenvalue weighted by molar-refractivity contribution is 6.33. The summed E-state index contributed by atoms with van der Waals surface area (Å²) in [6.07, 6.45) is 1.67. The highest BCUT2D eigenvalue weighted by Crippen LogP contribution is 2.29. The van der Waals surface area contributed by atoms with E-state index in [-0.39, 0.29) is 5.82 Å². The predicted octanol–water partition coefficient (Wildman–Crippen LogP) is 3.43. The van der Waals surface area contributed by atoms with Crippen LogP contribution < -0.4 is 5.73 Å². The monoisotopic (exact) mass is 236 g/mol. The normalized spacial score (nSPS) is 10.4. The van der Waals surface area contributed by atoms with E-state index in [0.29, 0.717) is 10.7 Å². The third kappa shape index (κ3) is 1.99. The van der Waals surface area contributed by atoms with Gasteiger partial charge in [0.25, 0.3) is 0 Å². The minimum absolute atomic E-state index is 0.352. The van der Waals surface area contributed by atoms with Gasteiger partial charge in [-0.3, -0.25) is 4.98 Å². The molecule has 2 nitrogen and oxygen atoms in total. The van der Waals surface area contributed by atoms with E-state index in [0.717, 1.165) is 16.8 Å². The van der Waals surface area contributed by atoms with Gasteiger partial charge in [0.2, 0.25) is 0 Å². The first-order chi connectivity index (χ1) is 7.58. The maximum absolute atomic E-state index is 12.9. The van der Waals surface area contributed by atoms with Crippen LogP contribution in [-0.4, -0.2) is 4.98 Å². The second-order valence-electron chi connectivity index (χ2n) is 3.52. The molecule has 82 valence electrons. The fraction of sp³-hybridized carbons (Fsp3) is 0.0833. The van der Waals surface area contributed by atoms with Crippen LogP contribution in [0.25, 0.3) is 11.1 Å². The predicted molar refractivity (Wildman–Crippen MR) is 63.8 cm³/mol. The molecule has 1 aromatic carbocycles. The van der Waals surface area contributed by atoms with Crippen LogP contribution in [0.5, 0.6) is 0 Å². The van der Waals surface area contributed by atoms with Gasteiger partial charge in [0.15, 0.2) is 0 Å². The van der Waals surface area contributed by atoms with E-state index in [1.54, 1.807) is 18.3 Å². The number of nitrogen functional groups attached to an aromatic ring is 1. The Morgan fingerprint density at radius 3 is 2.69 bits per heavy atom. The average molecular weight is 237 g/mol. The molecule has 1 heterocycles. The Kier molecular flexibility index (Phi) is 2.79. The first-order valence-corrected chi connectivity index (χ1v) is 5.13. The molecule has 2 rings (SSSR count). The van der Waals surface area contributed by atoms with Gasteiger partial charge in [0, 0.05) is 17.3 Å². The summed E-state index contributed by atoms with van der Waals surface area (Å²) in [4.78, 5) is 4.14. The SMILES string of the molecule is Cc1ncc(-c2ccc(F)cc2Cl)cc1N. The lowest BCUT2D eigenvalue weighted by molar-refractivity contribution is 0.628. The van der Waals surface area contributed by atoms with Crippen molar-refractivity contribution in [2.75, 3.05) is 5.73 Å². The second kappa shape index (κ2) is 4.10. The van der Waals surface area contributed by atoms with Crippen LogP contribution in [0.1, 0.15) is 5.69 Å². The highest BCUT2D eigenvalue weighted by atomic mass is 35.5. The van der Waals surface area contributed by atoms with Crippen molar-refractivity contribution in [3.63, 3.8) is 0 Å². The second-order valence-corrected chi connectivity index (χ2v) is 3.93. The van der Waals surface area contributed by atoms with E-state index < -0.39 is 0 Å². The Morgan fingerprint density at radius 1 is 1.31 bits per heavy atom. The molecule has 0 amide bonds. The largest absolute Gasteiger partial charge is 0.397 e. The molecule has 2 N–H and O–H groups in total. The van der Waals surface area contributed by atoms with Gasteiger partial charge in [-0.15, -0.1) is 0 Å². The van der Waals surface area contributed by atoms with Crippen molar-refractivity contribution in [2.45, 2.75) is 6.92 Å². The molecule has 0 saturated heterocycles. The molecule has 2 aromatic rings. The zero-order chi connectivity index (χ0) is 11.7. The van der Waals surface area contributed by atoms with Crippen molar-refractivity contribution >= 4 is 17.3 Å². The van der Waals surface area contributed by atoms with Crippen molar-refractivity contribution in [1.82, 2.24) is 4.98 Å². The summed E-state index contributed by atoms with van der Waals surface area (Å²) in [6, 6.07) is 6.02. The van der Waals surface area contributed by atoms with Crippen molar-refractivity contribution in [3.05, 3.63) is 47.0 Å². The molecule has 1 aromatic heterocycles. The number of aryl methyl sites for hydroxylation is 1. The molecule has 0 aliphatic heterocycles. The van der Waals surface area contributed by atoms with Gasteiger partial charge in [-0.25, -0.2) is 4.39 Å². The smallest absolute Gasteiger partial charge is 0.124 e. The molecule has 4 heteroatoms. The summed E-state index contributed by atoms with van der Waals surface area (Å²) in [5.74, 6) is -0.359. The third-order valence-electron chi connectivity index (χ3n) is 2.37. The van der Waals surface area contributed by atoms with Gasteiger partial charge < -0.3 is 5.73 Å². The standard InChI is InChI=1S/C12H10ClFN2/c1-7-12(15)4-8(6-16-7)10-3-2-9(14)5-11(10)13/h2-6H,15H2,1H3. The number of benzene rings is 1. The molecule has 0 atom stereocenters. The number of pyridine rings is 1. The number of hydrogen-bond acceptors (Lipinski definition) is 2. The molecule has 0 saturated carbocycles. The zero-order valence-corrected chi connectivity index (χ0v) is 9.42. The maximum atomic E-state index is 12.9. The van der Waals surface area contributed by atoms with Crippen molar-refractivity contribution in [1.29, 1.82) is 0 Å². The Morgan fingerprint density at radius 2 is 2.06 bits per heavy atom. The quantitative estimate of drug-likeness (QED) is 0.824. The molecule has 0 fully saturated rings. The number of aromatic nitrogens is 1. The lowest BCUT2D eigenvalue weighted by atomic mass is 10.1. The fourth-order valence-electron chi connectivity index (χ4n) is 1.42. The lowest BCUT2D eigenvalue weighted by Gasteiger charge is -2.06. The Labute approximate surface area is 97.9 Å². The Bertz CT molecular complexity index is 541. The molecular weight excluding hydrogens is 227 g/mol. The summed E-state index contributed by atoms with van der Waals surface area (Å²) in [6.45, 7) is 1.82. The van der Waals surface area contributed by atoms with Crippen LogP contribution in [0.3, 0.4) is 0 Å². The van der Waals surface area contributed by atoms with Gasteiger partial charge in [0.05, 0.1) is 16.4 Å². The van der Waals surface area contributed by atoms with E-state index in [2.05, 4.69) is 4.98 Å². The van der Waals surface area contributed by atoms with E-state index >= 15 is 0 Å². The number of halogens is 2. The van der Waals surface area contributed by atoms with E-state index in [1.165, 1.54) is 12.1 Å². The van der Waals surface area contributed by atoms with E-state index in [9.17, 15) is 4.39 Å². The number of nitrogens with zero attached hydrogens (tertiary/aromatic N) is 1. The topological polar surface area (TPSA) is 38.9 Å².